The van der Waals surface area contributed by atoms with Crippen LogP contribution in [0.4, 0.5) is 0 Å². The van der Waals surface area contributed by atoms with Crippen LogP contribution in [0.15, 0.2) is 30.3 Å². The molecule has 2 heterocycles. The lowest BCUT2D eigenvalue weighted by Crippen LogP contribution is -2.50. The van der Waals surface area contributed by atoms with Crippen LogP contribution in [0.5, 0.6) is 5.88 Å². The van der Waals surface area contributed by atoms with E-state index in [-0.39, 0.29) is 6.10 Å². The van der Waals surface area contributed by atoms with Crippen molar-refractivity contribution in [2.45, 2.75) is 6.10 Å². The van der Waals surface area contributed by atoms with Crippen LogP contribution < -0.4 is 10.1 Å². The predicted octanol–water partition coefficient (Wildman–Crippen LogP) is 1.46. The zero-order valence-electron chi connectivity index (χ0n) is 9.18. The van der Waals surface area contributed by atoms with Gasteiger partial charge in [-0.2, -0.15) is 5.26 Å². The van der Waals surface area contributed by atoms with E-state index >= 15 is 0 Å². The molecule has 4 heteroatoms. The zero-order chi connectivity index (χ0) is 11.7. The Kier molecular flexibility index (Phi) is 2.39. The highest BCUT2D eigenvalue weighted by Crippen LogP contribution is 2.22. The first-order chi connectivity index (χ1) is 8.36. The first kappa shape index (κ1) is 10.1. The molecule has 1 aromatic heterocycles. The second-order valence-corrected chi connectivity index (χ2v) is 4.04. The van der Waals surface area contributed by atoms with Crippen LogP contribution in [0.2, 0.25) is 0 Å². The van der Waals surface area contributed by atoms with E-state index in [1.807, 2.05) is 30.3 Å². The summed E-state index contributed by atoms with van der Waals surface area (Å²) in [6.07, 6.45) is 0.135. The molecule has 1 aliphatic rings. The van der Waals surface area contributed by atoms with E-state index in [0.29, 0.717) is 11.4 Å². The molecule has 0 amide bonds. The lowest BCUT2D eigenvalue weighted by atomic mass is 10.1. The number of hydrogen-bond donors (Lipinski definition) is 1. The molecule has 0 saturated carbocycles. The molecule has 0 aliphatic carbocycles. The van der Waals surface area contributed by atoms with Gasteiger partial charge in [0.05, 0.1) is 5.52 Å². The van der Waals surface area contributed by atoms with Gasteiger partial charge in [0.1, 0.15) is 17.7 Å². The van der Waals surface area contributed by atoms with Gasteiger partial charge in [-0.1, -0.05) is 18.2 Å². The smallest absolute Gasteiger partial charge is 0.232 e. The highest BCUT2D eigenvalue weighted by atomic mass is 16.5. The topological polar surface area (TPSA) is 57.9 Å². The van der Waals surface area contributed by atoms with Crippen molar-refractivity contribution in [2.75, 3.05) is 13.1 Å². The summed E-state index contributed by atoms with van der Waals surface area (Å²) in [5.41, 5.74) is 1.35. The van der Waals surface area contributed by atoms with Crippen molar-refractivity contribution >= 4 is 10.9 Å². The van der Waals surface area contributed by atoms with Crippen molar-refractivity contribution in [3.8, 4) is 11.9 Å². The first-order valence-electron chi connectivity index (χ1n) is 5.54. The average molecular weight is 225 g/mol. The number of rotatable bonds is 2. The molecule has 3 rings (SSSR count). The minimum Gasteiger partial charge on any atom is -0.471 e. The molecule has 1 fully saturated rings. The Bertz CT molecular complexity index is 599. The fourth-order valence-corrected chi connectivity index (χ4v) is 1.77. The predicted molar refractivity (Wildman–Crippen MR) is 63.7 cm³/mol. The lowest BCUT2D eigenvalue weighted by Gasteiger charge is -2.27. The van der Waals surface area contributed by atoms with Crippen molar-refractivity contribution in [2.24, 2.45) is 0 Å². The standard InChI is InChI=1S/C13H11N3O/c14-6-10-5-9-3-1-2-4-12(9)16-13(10)17-11-7-15-8-11/h1-5,11,15H,7-8H2. The minimum absolute atomic E-state index is 0.135. The Labute approximate surface area is 98.8 Å². The summed E-state index contributed by atoms with van der Waals surface area (Å²) < 4.78 is 5.68. The van der Waals surface area contributed by atoms with Crippen molar-refractivity contribution < 1.29 is 4.74 Å². The summed E-state index contributed by atoms with van der Waals surface area (Å²) in [5.74, 6) is 0.442. The van der Waals surface area contributed by atoms with Crippen LogP contribution >= 0.6 is 0 Å². The fraction of sp³-hybridized carbons (Fsp3) is 0.231. The first-order valence-corrected chi connectivity index (χ1v) is 5.54. The summed E-state index contributed by atoms with van der Waals surface area (Å²) in [6, 6.07) is 11.7. The van der Waals surface area contributed by atoms with Gasteiger partial charge in [0.2, 0.25) is 5.88 Å². The highest BCUT2D eigenvalue weighted by Gasteiger charge is 2.20. The largest absolute Gasteiger partial charge is 0.471 e. The molecular weight excluding hydrogens is 214 g/mol. The van der Waals surface area contributed by atoms with Crippen molar-refractivity contribution in [1.29, 1.82) is 5.26 Å². The number of nitrogens with one attached hydrogen (secondary N) is 1. The molecule has 84 valence electrons. The molecule has 2 aromatic rings. The van der Waals surface area contributed by atoms with E-state index in [9.17, 15) is 0 Å². The SMILES string of the molecule is N#Cc1cc2ccccc2nc1OC1CNC1. The molecule has 0 radical (unpaired) electrons. The Hall–Kier alpha value is -2.12. The third-order valence-corrected chi connectivity index (χ3v) is 2.83. The minimum atomic E-state index is 0.135. The number of ether oxygens (including phenoxy) is 1. The number of nitrogens with zero attached hydrogens (tertiary/aromatic N) is 2. The normalized spacial score (nSPS) is 15.2. The Morgan fingerprint density at radius 1 is 1.35 bits per heavy atom. The number of pyridine rings is 1. The molecule has 1 saturated heterocycles. The maximum Gasteiger partial charge on any atom is 0.232 e. The van der Waals surface area contributed by atoms with E-state index in [1.54, 1.807) is 0 Å². The summed E-state index contributed by atoms with van der Waals surface area (Å²) >= 11 is 0. The van der Waals surface area contributed by atoms with E-state index in [2.05, 4.69) is 16.4 Å². The monoisotopic (exact) mass is 225 g/mol. The lowest BCUT2D eigenvalue weighted by molar-refractivity contribution is 0.136. The maximum absolute atomic E-state index is 9.10. The Balaban J connectivity index is 2.05. The summed E-state index contributed by atoms with van der Waals surface area (Å²) in [4.78, 5) is 4.40. The van der Waals surface area contributed by atoms with Gasteiger partial charge >= 0.3 is 0 Å². The number of benzene rings is 1. The third-order valence-electron chi connectivity index (χ3n) is 2.83. The number of para-hydroxylation sites is 1. The van der Waals surface area contributed by atoms with Crippen LogP contribution in [0.1, 0.15) is 5.56 Å². The summed E-state index contributed by atoms with van der Waals surface area (Å²) in [7, 11) is 0. The van der Waals surface area contributed by atoms with Crippen molar-refractivity contribution in [1.82, 2.24) is 10.3 Å². The molecule has 0 spiro atoms. The van der Waals surface area contributed by atoms with Crippen LogP contribution in [0, 0.1) is 11.3 Å². The van der Waals surface area contributed by atoms with Gasteiger partial charge < -0.3 is 10.1 Å². The van der Waals surface area contributed by atoms with Gasteiger partial charge in [-0.25, -0.2) is 4.98 Å². The zero-order valence-corrected chi connectivity index (χ0v) is 9.18. The van der Waals surface area contributed by atoms with Crippen LogP contribution in [0.3, 0.4) is 0 Å². The quantitative estimate of drug-likeness (QED) is 0.840. The van der Waals surface area contributed by atoms with Gasteiger partial charge in [0.25, 0.3) is 0 Å². The van der Waals surface area contributed by atoms with Crippen LogP contribution in [-0.2, 0) is 0 Å². The second kappa shape index (κ2) is 4.04. The number of fused-ring (bicyclic) bond motifs is 1. The van der Waals surface area contributed by atoms with Crippen LogP contribution in [0.25, 0.3) is 10.9 Å². The Morgan fingerprint density at radius 2 is 2.18 bits per heavy atom. The number of hydrogen-bond acceptors (Lipinski definition) is 4. The molecule has 0 atom stereocenters. The van der Waals surface area contributed by atoms with Crippen molar-refractivity contribution in [3.05, 3.63) is 35.9 Å². The van der Waals surface area contributed by atoms with Crippen LogP contribution in [-0.4, -0.2) is 24.2 Å². The maximum atomic E-state index is 9.10. The highest BCUT2D eigenvalue weighted by molar-refractivity contribution is 5.80. The molecule has 1 aromatic carbocycles. The van der Waals surface area contributed by atoms with Gasteiger partial charge in [-0.15, -0.1) is 0 Å². The van der Waals surface area contributed by atoms with E-state index in [1.165, 1.54) is 0 Å². The molecular formula is C13H11N3O. The van der Waals surface area contributed by atoms with Gasteiger partial charge in [0, 0.05) is 18.5 Å². The second-order valence-electron chi connectivity index (χ2n) is 4.04. The number of nitriles is 1. The summed E-state index contributed by atoms with van der Waals surface area (Å²) in [6.45, 7) is 1.64. The molecule has 17 heavy (non-hydrogen) atoms. The van der Waals surface area contributed by atoms with Gasteiger partial charge in [-0.3, -0.25) is 0 Å². The molecule has 4 nitrogen and oxygen atoms in total. The summed E-state index contributed by atoms with van der Waals surface area (Å²) in [5, 5.41) is 13.2. The number of aromatic nitrogens is 1. The van der Waals surface area contributed by atoms with Gasteiger partial charge in [-0.05, 0) is 12.1 Å². The van der Waals surface area contributed by atoms with Gasteiger partial charge in [0.15, 0.2) is 0 Å². The van der Waals surface area contributed by atoms with E-state index in [0.717, 1.165) is 24.0 Å². The van der Waals surface area contributed by atoms with E-state index in [4.69, 9.17) is 10.00 Å². The third kappa shape index (κ3) is 1.81. The molecule has 1 N–H and O–H groups in total. The molecule has 0 unspecified atom stereocenters. The Morgan fingerprint density at radius 3 is 2.88 bits per heavy atom. The molecule has 1 aliphatic heterocycles. The average Bonchev–Trinajstić information content (AvgIpc) is 2.32. The van der Waals surface area contributed by atoms with E-state index < -0.39 is 0 Å². The fourth-order valence-electron chi connectivity index (χ4n) is 1.77. The van der Waals surface area contributed by atoms with Crippen molar-refractivity contribution in [3.63, 3.8) is 0 Å². The molecule has 0 bridgehead atoms.